The van der Waals surface area contributed by atoms with Gasteiger partial charge in [-0.15, -0.1) is 0 Å². The molecule has 0 spiro atoms. The summed E-state index contributed by atoms with van der Waals surface area (Å²) in [5.74, 6) is 3.66. The number of rotatable bonds is 3. The number of nitrogens with one attached hydrogen (secondary N) is 2. The van der Waals surface area contributed by atoms with Crippen LogP contribution in [0.1, 0.15) is 17.3 Å². The van der Waals surface area contributed by atoms with Crippen molar-refractivity contribution in [3.05, 3.63) is 22.7 Å². The van der Waals surface area contributed by atoms with Crippen LogP contribution < -0.4 is 16.6 Å². The van der Waals surface area contributed by atoms with Gasteiger partial charge in [-0.1, -0.05) is 11.6 Å². The molecule has 0 fully saturated rings. The van der Waals surface area contributed by atoms with Crippen molar-refractivity contribution in [3.63, 3.8) is 0 Å². The molecule has 1 rings (SSSR count). The highest BCUT2D eigenvalue weighted by Gasteiger charge is 2.15. The Kier molecular flexibility index (Phi) is 3.70. The van der Waals surface area contributed by atoms with E-state index in [4.69, 9.17) is 22.6 Å². The molecule has 0 heterocycles. The Morgan fingerprint density at radius 2 is 2.06 bits per heavy atom. The molecule has 0 atom stereocenters. The summed E-state index contributed by atoms with van der Waals surface area (Å²) in [7, 11) is 0. The average molecular weight is 244 g/mol. The highest BCUT2D eigenvalue weighted by Crippen LogP contribution is 2.29. The molecule has 86 valence electrons. The minimum atomic E-state index is -1.19. The van der Waals surface area contributed by atoms with Gasteiger partial charge in [0.1, 0.15) is 0 Å². The predicted octanol–water partition coefficient (Wildman–Crippen LogP) is 1.28. The number of halogens is 1. The molecule has 0 saturated heterocycles. The monoisotopic (exact) mass is 243 g/mol. The molecule has 0 aliphatic rings. The van der Waals surface area contributed by atoms with Crippen molar-refractivity contribution < 1.29 is 14.7 Å². The Bertz CT molecular complexity index is 448. The maximum Gasteiger partial charge on any atom is 0.337 e. The number of aromatic carboxylic acids is 1. The van der Waals surface area contributed by atoms with Crippen LogP contribution in [0.15, 0.2) is 12.1 Å². The summed E-state index contributed by atoms with van der Waals surface area (Å²) in [4.78, 5) is 21.8. The molecule has 0 bridgehead atoms. The third-order valence-electron chi connectivity index (χ3n) is 1.79. The van der Waals surface area contributed by atoms with Gasteiger partial charge in [0.25, 0.3) is 0 Å². The molecule has 7 heteroatoms. The number of benzene rings is 1. The number of carboxylic acids is 1. The molecule has 1 aromatic rings. The second-order valence-corrected chi connectivity index (χ2v) is 3.44. The van der Waals surface area contributed by atoms with Crippen LogP contribution in [-0.4, -0.2) is 17.0 Å². The molecular formula is C9H10ClN3O3. The Hall–Kier alpha value is -1.79. The van der Waals surface area contributed by atoms with Crippen LogP contribution in [0.25, 0.3) is 0 Å². The molecule has 0 saturated carbocycles. The van der Waals surface area contributed by atoms with Crippen molar-refractivity contribution in [2.45, 2.75) is 6.92 Å². The molecule has 0 radical (unpaired) electrons. The number of hydrogen-bond acceptors (Lipinski definition) is 4. The van der Waals surface area contributed by atoms with Crippen molar-refractivity contribution in [1.82, 2.24) is 0 Å². The molecule has 6 nitrogen and oxygen atoms in total. The van der Waals surface area contributed by atoms with E-state index in [-0.39, 0.29) is 27.9 Å². The van der Waals surface area contributed by atoms with Gasteiger partial charge in [0.15, 0.2) is 0 Å². The summed E-state index contributed by atoms with van der Waals surface area (Å²) in [6, 6.07) is 2.65. The van der Waals surface area contributed by atoms with Crippen LogP contribution in [0.4, 0.5) is 11.4 Å². The van der Waals surface area contributed by atoms with Crippen LogP contribution >= 0.6 is 11.6 Å². The van der Waals surface area contributed by atoms with Crippen LogP contribution in [0.3, 0.4) is 0 Å². The van der Waals surface area contributed by atoms with E-state index < -0.39 is 5.97 Å². The topological polar surface area (TPSA) is 104 Å². The number of hydrazine groups is 1. The Balaban J connectivity index is 3.35. The van der Waals surface area contributed by atoms with Gasteiger partial charge in [-0.2, -0.15) is 0 Å². The molecule has 1 aromatic carbocycles. The Morgan fingerprint density at radius 1 is 1.44 bits per heavy atom. The standard InChI is InChI=1S/C9H10ClN3O3/c1-4(14)12-7-3-5(10)2-6(9(15)16)8(7)13-11/h2-3,13H,11H2,1H3,(H,12,14)(H,15,16). The lowest BCUT2D eigenvalue weighted by Gasteiger charge is -2.12. The van der Waals surface area contributed by atoms with Gasteiger partial charge in [0.05, 0.1) is 16.9 Å². The average Bonchev–Trinajstić information content (AvgIpc) is 2.15. The van der Waals surface area contributed by atoms with Crippen LogP contribution in [-0.2, 0) is 4.79 Å². The second kappa shape index (κ2) is 4.82. The van der Waals surface area contributed by atoms with Gasteiger partial charge in [0.2, 0.25) is 5.91 Å². The fraction of sp³-hybridized carbons (Fsp3) is 0.111. The number of hydrogen-bond donors (Lipinski definition) is 4. The normalized spacial score (nSPS) is 9.69. The van der Waals surface area contributed by atoms with E-state index >= 15 is 0 Å². The van der Waals surface area contributed by atoms with Gasteiger partial charge in [-0.25, -0.2) is 4.79 Å². The van der Waals surface area contributed by atoms with Crippen molar-refractivity contribution in [2.75, 3.05) is 10.7 Å². The molecule has 1 amide bonds. The first-order valence-electron chi connectivity index (χ1n) is 4.26. The number of anilines is 2. The van der Waals surface area contributed by atoms with Gasteiger partial charge < -0.3 is 15.8 Å². The molecule has 0 aliphatic carbocycles. The SMILES string of the molecule is CC(=O)Nc1cc(Cl)cc(C(=O)O)c1NN. The van der Waals surface area contributed by atoms with Crippen LogP contribution in [0.2, 0.25) is 5.02 Å². The summed E-state index contributed by atoms with van der Waals surface area (Å²) < 4.78 is 0. The molecular weight excluding hydrogens is 234 g/mol. The smallest absolute Gasteiger partial charge is 0.337 e. The fourth-order valence-electron chi connectivity index (χ4n) is 1.22. The van der Waals surface area contributed by atoms with Gasteiger partial charge in [0, 0.05) is 11.9 Å². The zero-order valence-electron chi connectivity index (χ0n) is 8.37. The number of amides is 1. The molecule has 16 heavy (non-hydrogen) atoms. The maximum atomic E-state index is 10.9. The Morgan fingerprint density at radius 3 is 2.50 bits per heavy atom. The first kappa shape index (κ1) is 12.3. The third kappa shape index (κ3) is 2.62. The molecule has 0 aromatic heterocycles. The minimum absolute atomic E-state index is 0.104. The quantitative estimate of drug-likeness (QED) is 0.473. The van der Waals surface area contributed by atoms with E-state index in [0.29, 0.717) is 0 Å². The van der Waals surface area contributed by atoms with Gasteiger partial charge in [-0.05, 0) is 12.1 Å². The van der Waals surface area contributed by atoms with E-state index in [1.165, 1.54) is 19.1 Å². The molecule has 0 unspecified atom stereocenters. The number of carbonyl (C=O) groups excluding carboxylic acids is 1. The lowest BCUT2D eigenvalue weighted by atomic mass is 10.1. The summed E-state index contributed by atoms with van der Waals surface area (Å²) in [6.07, 6.45) is 0. The van der Waals surface area contributed by atoms with Gasteiger partial charge in [-0.3, -0.25) is 10.6 Å². The summed E-state index contributed by atoms with van der Waals surface area (Å²) in [5.41, 5.74) is 2.44. The van der Waals surface area contributed by atoms with Crippen molar-refractivity contribution >= 4 is 34.9 Å². The largest absolute Gasteiger partial charge is 0.478 e. The van der Waals surface area contributed by atoms with E-state index in [1.54, 1.807) is 0 Å². The summed E-state index contributed by atoms with van der Waals surface area (Å²) in [6.45, 7) is 1.29. The van der Waals surface area contributed by atoms with Crippen molar-refractivity contribution in [3.8, 4) is 0 Å². The van der Waals surface area contributed by atoms with E-state index in [0.717, 1.165) is 0 Å². The number of carboxylic acid groups (broad SMARTS) is 1. The number of nitrogens with two attached hydrogens (primary N) is 1. The second-order valence-electron chi connectivity index (χ2n) is 3.01. The first-order chi connectivity index (χ1) is 7.45. The van der Waals surface area contributed by atoms with E-state index in [2.05, 4.69) is 10.7 Å². The van der Waals surface area contributed by atoms with Gasteiger partial charge >= 0.3 is 5.97 Å². The molecule has 0 aliphatic heterocycles. The van der Waals surface area contributed by atoms with Crippen LogP contribution in [0.5, 0.6) is 0 Å². The highest BCUT2D eigenvalue weighted by molar-refractivity contribution is 6.31. The highest BCUT2D eigenvalue weighted by atomic mass is 35.5. The lowest BCUT2D eigenvalue weighted by Crippen LogP contribution is -2.16. The predicted molar refractivity (Wildman–Crippen MR) is 60.5 cm³/mol. The third-order valence-corrected chi connectivity index (χ3v) is 2.01. The summed E-state index contributed by atoms with van der Waals surface area (Å²) in [5, 5.41) is 11.5. The van der Waals surface area contributed by atoms with Crippen LogP contribution in [0, 0.1) is 0 Å². The Labute approximate surface area is 96.4 Å². The zero-order chi connectivity index (χ0) is 12.3. The van der Waals surface area contributed by atoms with Crippen molar-refractivity contribution in [2.24, 2.45) is 5.84 Å². The fourth-order valence-corrected chi connectivity index (χ4v) is 1.44. The minimum Gasteiger partial charge on any atom is -0.478 e. The molecule has 5 N–H and O–H groups in total. The first-order valence-corrected chi connectivity index (χ1v) is 4.64. The zero-order valence-corrected chi connectivity index (χ0v) is 9.13. The van der Waals surface area contributed by atoms with Crippen molar-refractivity contribution in [1.29, 1.82) is 0 Å². The van der Waals surface area contributed by atoms with E-state index in [9.17, 15) is 9.59 Å². The number of nitrogen functional groups attached to an aromatic ring is 1. The lowest BCUT2D eigenvalue weighted by molar-refractivity contribution is -0.114. The number of carbonyl (C=O) groups is 2. The van der Waals surface area contributed by atoms with E-state index in [1.807, 2.05) is 0 Å². The summed E-state index contributed by atoms with van der Waals surface area (Å²) >= 11 is 5.72. The maximum absolute atomic E-state index is 10.9.